The Morgan fingerprint density at radius 3 is 2.58 bits per heavy atom. The number of nitrogens with one attached hydrogen (secondary N) is 1. The van der Waals surface area contributed by atoms with Crippen LogP contribution in [0.4, 0.5) is 0 Å². The fourth-order valence-corrected chi connectivity index (χ4v) is 2.71. The number of aromatic nitrogens is 2. The van der Waals surface area contributed by atoms with Crippen LogP contribution in [-0.4, -0.2) is 72.7 Å². The Kier molecular flexibility index (Phi) is 7.11. The molecule has 8 heteroatoms. The van der Waals surface area contributed by atoms with Crippen molar-refractivity contribution < 1.29 is 9.53 Å². The third kappa shape index (κ3) is 5.03. The number of fused-ring (bicyclic) bond motifs is 1. The minimum absolute atomic E-state index is 0.0499. The summed E-state index contributed by atoms with van der Waals surface area (Å²) < 4.78 is 6.52. The van der Waals surface area contributed by atoms with E-state index >= 15 is 0 Å². The van der Waals surface area contributed by atoms with Gasteiger partial charge >= 0.3 is 5.69 Å². The maximum absolute atomic E-state index is 12.6. The lowest BCUT2D eigenvalue weighted by Crippen LogP contribution is -2.39. The molecule has 0 aliphatic carbocycles. The Morgan fingerprint density at radius 1 is 1.15 bits per heavy atom. The first-order valence-corrected chi connectivity index (χ1v) is 8.57. The van der Waals surface area contributed by atoms with Gasteiger partial charge in [0.25, 0.3) is 5.56 Å². The smallest absolute Gasteiger partial charge is 0.328 e. The zero-order valence-corrected chi connectivity index (χ0v) is 15.5. The summed E-state index contributed by atoms with van der Waals surface area (Å²) in [5.41, 5.74) is -0.384. The van der Waals surface area contributed by atoms with E-state index in [0.29, 0.717) is 30.6 Å². The Labute approximate surface area is 152 Å². The van der Waals surface area contributed by atoms with Gasteiger partial charge in [0.2, 0.25) is 5.91 Å². The minimum atomic E-state index is -0.502. The van der Waals surface area contributed by atoms with Crippen LogP contribution in [0.1, 0.15) is 6.42 Å². The average Bonchev–Trinajstić information content (AvgIpc) is 2.61. The monoisotopic (exact) mass is 362 g/mol. The number of aryl methyl sites for hydroxylation is 1. The van der Waals surface area contributed by atoms with Gasteiger partial charge in [0, 0.05) is 39.7 Å². The fraction of sp³-hybridized carbons (Fsp3) is 0.500. The molecule has 1 aromatic carbocycles. The molecule has 142 valence electrons. The molecule has 0 aliphatic heterocycles. The lowest BCUT2D eigenvalue weighted by molar-refractivity contribution is -0.132. The molecule has 0 unspecified atom stereocenters. The maximum atomic E-state index is 12.6. The van der Waals surface area contributed by atoms with Crippen LogP contribution in [0.15, 0.2) is 33.9 Å². The second-order valence-electron chi connectivity index (χ2n) is 6.35. The van der Waals surface area contributed by atoms with Crippen LogP contribution in [0.3, 0.4) is 0 Å². The van der Waals surface area contributed by atoms with E-state index < -0.39 is 11.2 Å². The fourth-order valence-electron chi connectivity index (χ4n) is 2.71. The average molecular weight is 362 g/mol. The van der Waals surface area contributed by atoms with Crippen LogP contribution in [0.2, 0.25) is 0 Å². The molecule has 0 radical (unpaired) electrons. The number of carbonyl (C=O) groups excluding carboxylic acids is 1. The van der Waals surface area contributed by atoms with Gasteiger partial charge in [-0.1, -0.05) is 12.1 Å². The molecule has 1 aromatic heterocycles. The molecular weight excluding hydrogens is 336 g/mol. The van der Waals surface area contributed by atoms with Crippen LogP contribution in [-0.2, 0) is 16.1 Å². The third-order valence-corrected chi connectivity index (χ3v) is 4.19. The number of methoxy groups -OCH3 is 1. The van der Waals surface area contributed by atoms with Crippen LogP contribution in [0.5, 0.6) is 0 Å². The van der Waals surface area contributed by atoms with E-state index in [0.717, 1.165) is 6.54 Å². The summed E-state index contributed by atoms with van der Waals surface area (Å²) in [4.78, 5) is 42.8. The second kappa shape index (κ2) is 9.30. The summed E-state index contributed by atoms with van der Waals surface area (Å²) >= 11 is 0. The van der Waals surface area contributed by atoms with Crippen LogP contribution < -0.4 is 11.2 Å². The quantitative estimate of drug-likeness (QED) is 0.684. The molecule has 1 heterocycles. The number of likely N-dealkylation sites (N-methyl/N-ethyl adjacent to an activating group) is 1. The molecule has 8 nitrogen and oxygen atoms in total. The summed E-state index contributed by atoms with van der Waals surface area (Å²) in [6, 6.07) is 6.88. The van der Waals surface area contributed by atoms with E-state index in [1.807, 2.05) is 19.0 Å². The zero-order valence-electron chi connectivity index (χ0n) is 15.5. The van der Waals surface area contributed by atoms with E-state index in [1.165, 1.54) is 4.57 Å². The van der Waals surface area contributed by atoms with E-state index in [4.69, 9.17) is 4.74 Å². The number of para-hydroxylation sites is 1. The topological polar surface area (TPSA) is 87.6 Å². The van der Waals surface area contributed by atoms with Gasteiger partial charge in [0.15, 0.2) is 0 Å². The van der Waals surface area contributed by atoms with Crippen molar-refractivity contribution >= 4 is 16.8 Å². The molecule has 2 rings (SSSR count). The van der Waals surface area contributed by atoms with Gasteiger partial charge in [-0.05, 0) is 26.2 Å². The van der Waals surface area contributed by atoms with Crippen molar-refractivity contribution in [1.82, 2.24) is 19.4 Å². The zero-order chi connectivity index (χ0) is 19.1. The molecule has 0 saturated carbocycles. The number of hydrogen-bond acceptors (Lipinski definition) is 5. The lowest BCUT2D eigenvalue weighted by atomic mass is 10.2. The molecule has 0 aliphatic rings. The van der Waals surface area contributed by atoms with Crippen molar-refractivity contribution in [1.29, 1.82) is 0 Å². The predicted octanol–water partition coefficient (Wildman–Crippen LogP) is 0.117. The molecule has 1 N–H and O–H groups in total. The summed E-state index contributed by atoms with van der Waals surface area (Å²) in [7, 11) is 5.50. The van der Waals surface area contributed by atoms with Gasteiger partial charge in [-0.25, -0.2) is 4.79 Å². The number of aromatic amines is 1. The molecular formula is C18H26N4O4. The van der Waals surface area contributed by atoms with Crippen molar-refractivity contribution in [3.63, 3.8) is 0 Å². The SMILES string of the molecule is COCCN(CCN(C)C)C(=O)CCn1c(=O)[nH]c(=O)c2ccccc21. The number of ether oxygens (including phenoxy) is 1. The first-order chi connectivity index (χ1) is 12.4. The Morgan fingerprint density at radius 2 is 1.88 bits per heavy atom. The number of H-pyrrole nitrogens is 1. The summed E-state index contributed by atoms with van der Waals surface area (Å²) in [6.45, 7) is 2.51. The van der Waals surface area contributed by atoms with Gasteiger partial charge in [0.05, 0.1) is 17.5 Å². The van der Waals surface area contributed by atoms with E-state index in [1.54, 1.807) is 36.3 Å². The Balaban J connectivity index is 2.15. The normalized spacial score (nSPS) is 11.2. The Bertz CT molecular complexity index is 856. The predicted molar refractivity (Wildman–Crippen MR) is 100 cm³/mol. The molecule has 1 amide bonds. The molecule has 0 spiro atoms. The van der Waals surface area contributed by atoms with Gasteiger partial charge < -0.3 is 14.5 Å². The van der Waals surface area contributed by atoms with Crippen molar-refractivity contribution in [2.45, 2.75) is 13.0 Å². The van der Waals surface area contributed by atoms with Crippen molar-refractivity contribution in [2.24, 2.45) is 0 Å². The number of nitrogens with zero attached hydrogens (tertiary/aromatic N) is 3. The Hall–Kier alpha value is -2.45. The number of benzene rings is 1. The molecule has 2 aromatic rings. The number of amides is 1. The standard InChI is InChI=1S/C18H26N4O4/c1-20(2)10-11-21(12-13-26-3)16(23)8-9-22-15-7-5-4-6-14(15)17(24)19-18(22)25/h4-7H,8-13H2,1-3H3,(H,19,24,25). The number of rotatable bonds is 9. The van der Waals surface area contributed by atoms with Gasteiger partial charge in [-0.15, -0.1) is 0 Å². The highest BCUT2D eigenvalue weighted by Gasteiger charge is 2.15. The van der Waals surface area contributed by atoms with Gasteiger partial charge in [0.1, 0.15) is 0 Å². The maximum Gasteiger partial charge on any atom is 0.328 e. The van der Waals surface area contributed by atoms with E-state index in [9.17, 15) is 14.4 Å². The van der Waals surface area contributed by atoms with Crippen molar-refractivity contribution in [2.75, 3.05) is 47.4 Å². The second-order valence-corrected chi connectivity index (χ2v) is 6.35. The number of hydrogen-bond donors (Lipinski definition) is 1. The largest absolute Gasteiger partial charge is 0.383 e. The molecule has 0 saturated heterocycles. The first-order valence-electron chi connectivity index (χ1n) is 8.57. The first kappa shape index (κ1) is 19.9. The number of carbonyl (C=O) groups is 1. The van der Waals surface area contributed by atoms with Gasteiger partial charge in [-0.2, -0.15) is 0 Å². The molecule has 0 fully saturated rings. The molecule has 0 atom stereocenters. The summed E-state index contributed by atoms with van der Waals surface area (Å²) in [5.74, 6) is -0.0499. The van der Waals surface area contributed by atoms with E-state index in [2.05, 4.69) is 4.98 Å². The summed E-state index contributed by atoms with van der Waals surface area (Å²) in [5, 5.41) is 0.434. The van der Waals surface area contributed by atoms with Crippen LogP contribution in [0.25, 0.3) is 10.9 Å². The highest BCUT2D eigenvalue weighted by Crippen LogP contribution is 2.08. The highest BCUT2D eigenvalue weighted by atomic mass is 16.5. The van der Waals surface area contributed by atoms with Gasteiger partial charge in [-0.3, -0.25) is 19.1 Å². The van der Waals surface area contributed by atoms with Crippen molar-refractivity contribution in [3.8, 4) is 0 Å². The molecule has 26 heavy (non-hydrogen) atoms. The third-order valence-electron chi connectivity index (χ3n) is 4.19. The highest BCUT2D eigenvalue weighted by molar-refractivity contribution is 5.79. The van der Waals surface area contributed by atoms with E-state index in [-0.39, 0.29) is 18.9 Å². The summed E-state index contributed by atoms with van der Waals surface area (Å²) in [6.07, 6.45) is 0.174. The van der Waals surface area contributed by atoms with Crippen molar-refractivity contribution in [3.05, 3.63) is 45.1 Å². The lowest BCUT2D eigenvalue weighted by Gasteiger charge is -2.24. The molecule has 0 bridgehead atoms. The van der Waals surface area contributed by atoms with Crippen LogP contribution in [0, 0.1) is 0 Å². The van der Waals surface area contributed by atoms with Crippen LogP contribution >= 0.6 is 0 Å². The minimum Gasteiger partial charge on any atom is -0.383 e.